The fraction of sp³-hybridized carbons (Fsp3) is 0.562. The van der Waals surface area contributed by atoms with E-state index in [1.165, 1.54) is 33.3 Å². The minimum Gasteiger partial charge on any atom is -0.428 e. The van der Waals surface area contributed by atoms with Gasteiger partial charge in [0.15, 0.2) is 11.2 Å². The molecule has 0 saturated carbocycles. The largest absolute Gasteiger partial charge is 0.428 e. The monoisotopic (exact) mass is 332 g/mol. The highest BCUT2D eigenvalue weighted by molar-refractivity contribution is 5.74. The molecule has 0 unspecified atom stereocenters. The Kier molecular flexibility index (Phi) is 3.56. The van der Waals surface area contributed by atoms with Crippen LogP contribution >= 0.6 is 0 Å². The van der Waals surface area contributed by atoms with Crippen LogP contribution in [-0.2, 0) is 13.6 Å². The normalized spacial score (nSPS) is 16.4. The van der Waals surface area contributed by atoms with Gasteiger partial charge in [-0.3, -0.25) is 18.3 Å². The van der Waals surface area contributed by atoms with Gasteiger partial charge in [0.2, 0.25) is 0 Å². The average molecular weight is 332 g/mol. The van der Waals surface area contributed by atoms with Gasteiger partial charge in [-0.05, 0) is 26.2 Å². The van der Waals surface area contributed by atoms with Crippen molar-refractivity contribution in [3.8, 4) is 0 Å². The zero-order chi connectivity index (χ0) is 16.8. The smallest absolute Gasteiger partial charge is 0.332 e. The molecule has 4 heterocycles. The summed E-state index contributed by atoms with van der Waals surface area (Å²) in [7, 11) is 1.65. The predicted octanol–water partition coefficient (Wildman–Crippen LogP) is -0.682. The Hall–Kier alpha value is -2.35. The van der Waals surface area contributed by atoms with Crippen molar-refractivity contribution >= 4 is 17.0 Å². The van der Waals surface area contributed by atoms with E-state index in [0.717, 1.165) is 19.6 Å². The Morgan fingerprint density at radius 2 is 2.00 bits per heavy atom. The first-order chi connectivity index (χ1) is 11.6. The molecule has 0 aromatic carbocycles. The molecule has 1 fully saturated rings. The van der Waals surface area contributed by atoms with Gasteiger partial charge in [0.1, 0.15) is 5.76 Å². The van der Waals surface area contributed by atoms with Gasteiger partial charge in [-0.1, -0.05) is 0 Å². The second-order valence-electron chi connectivity index (χ2n) is 6.64. The van der Waals surface area contributed by atoms with Crippen molar-refractivity contribution in [3.05, 3.63) is 32.8 Å². The van der Waals surface area contributed by atoms with Crippen LogP contribution < -0.4 is 16.1 Å². The zero-order valence-electron chi connectivity index (χ0n) is 14.0. The molecule has 3 aromatic rings. The number of piperidine rings is 1. The number of quaternary nitrogens is 1. The molecule has 4 rings (SSSR count). The maximum Gasteiger partial charge on any atom is 0.332 e. The Bertz CT molecular complexity index is 1020. The van der Waals surface area contributed by atoms with Gasteiger partial charge in [0.25, 0.3) is 5.56 Å². The van der Waals surface area contributed by atoms with E-state index in [2.05, 4.69) is 4.98 Å². The third-order valence-corrected chi connectivity index (χ3v) is 4.96. The van der Waals surface area contributed by atoms with Gasteiger partial charge in [-0.15, -0.1) is 0 Å². The second-order valence-corrected chi connectivity index (χ2v) is 6.64. The molecule has 8 nitrogen and oxygen atoms in total. The maximum absolute atomic E-state index is 12.9. The molecular formula is C16H22N5O3+. The molecule has 1 saturated heterocycles. The number of likely N-dealkylation sites (tertiary alicyclic amines) is 1. The van der Waals surface area contributed by atoms with Gasteiger partial charge in [-0.25, -0.2) is 4.79 Å². The summed E-state index contributed by atoms with van der Waals surface area (Å²) in [5.74, 6) is 1.02. The van der Waals surface area contributed by atoms with Crippen molar-refractivity contribution in [2.24, 2.45) is 7.05 Å². The number of oxazole rings is 1. The van der Waals surface area contributed by atoms with Crippen LogP contribution in [0.3, 0.4) is 0 Å². The molecule has 1 aliphatic heterocycles. The Labute approximate surface area is 137 Å². The predicted molar refractivity (Wildman–Crippen MR) is 88.6 cm³/mol. The number of aromatic nitrogens is 4. The number of rotatable bonds is 3. The first-order valence-electron chi connectivity index (χ1n) is 8.48. The quantitative estimate of drug-likeness (QED) is 0.689. The van der Waals surface area contributed by atoms with E-state index in [4.69, 9.17) is 4.42 Å². The molecule has 0 bridgehead atoms. The van der Waals surface area contributed by atoms with Crippen molar-refractivity contribution in [1.29, 1.82) is 0 Å². The van der Waals surface area contributed by atoms with Crippen molar-refractivity contribution in [2.75, 3.05) is 19.6 Å². The van der Waals surface area contributed by atoms with Gasteiger partial charge >= 0.3 is 11.5 Å². The number of hydrogen-bond acceptors (Lipinski definition) is 4. The summed E-state index contributed by atoms with van der Waals surface area (Å²) in [6.45, 7) is 5.28. The van der Waals surface area contributed by atoms with Crippen LogP contribution in [0, 0.1) is 6.92 Å². The summed E-state index contributed by atoms with van der Waals surface area (Å²) < 4.78 is 9.88. The van der Waals surface area contributed by atoms with Crippen molar-refractivity contribution in [3.63, 3.8) is 0 Å². The molecule has 1 aliphatic rings. The summed E-state index contributed by atoms with van der Waals surface area (Å²) >= 11 is 0. The molecule has 1 N–H and O–H groups in total. The van der Waals surface area contributed by atoms with Crippen molar-refractivity contribution < 1.29 is 9.32 Å². The van der Waals surface area contributed by atoms with Gasteiger partial charge in [-0.2, -0.15) is 4.98 Å². The van der Waals surface area contributed by atoms with Crippen LogP contribution in [0.4, 0.5) is 0 Å². The molecule has 0 aliphatic carbocycles. The first kappa shape index (κ1) is 15.2. The van der Waals surface area contributed by atoms with Gasteiger partial charge < -0.3 is 9.32 Å². The fourth-order valence-corrected chi connectivity index (χ4v) is 3.63. The molecule has 0 atom stereocenters. The Morgan fingerprint density at radius 3 is 2.75 bits per heavy atom. The molecule has 0 radical (unpaired) electrons. The first-order valence-corrected chi connectivity index (χ1v) is 8.48. The van der Waals surface area contributed by atoms with Crippen LogP contribution in [0.25, 0.3) is 17.0 Å². The molecule has 128 valence electrons. The van der Waals surface area contributed by atoms with Crippen LogP contribution in [-0.4, -0.2) is 38.2 Å². The van der Waals surface area contributed by atoms with E-state index in [1.807, 2.05) is 0 Å². The SMILES string of the molecule is Cc1cn2c(nc3c2c(=O)n(CC[NH+]2CCCCC2)c(=O)n3C)o1. The standard InChI is InChI=1S/C16H21N5O3/c1-11-10-21-12-13(17-15(21)24-11)18(2)16(23)20(14(12)22)9-8-19-6-4-3-5-7-19/h10H,3-9H2,1-2H3/p+1. The molecule has 24 heavy (non-hydrogen) atoms. The highest BCUT2D eigenvalue weighted by Crippen LogP contribution is 2.14. The number of fused-ring (bicyclic) bond motifs is 3. The van der Waals surface area contributed by atoms with E-state index in [9.17, 15) is 9.59 Å². The summed E-state index contributed by atoms with van der Waals surface area (Å²) in [5.41, 5.74) is 0.155. The maximum atomic E-state index is 12.9. The van der Waals surface area contributed by atoms with Crippen molar-refractivity contribution in [1.82, 2.24) is 18.5 Å². The van der Waals surface area contributed by atoms with Gasteiger partial charge in [0, 0.05) is 7.05 Å². The summed E-state index contributed by atoms with van der Waals surface area (Å²) in [5, 5.41) is 0. The molecule has 8 heteroatoms. The average Bonchev–Trinajstić information content (AvgIpc) is 3.09. The topological polar surface area (TPSA) is 78.9 Å². The van der Waals surface area contributed by atoms with Gasteiger partial charge in [0.05, 0.1) is 32.4 Å². The number of hydrogen-bond donors (Lipinski definition) is 1. The second kappa shape index (κ2) is 5.62. The van der Waals surface area contributed by atoms with Crippen molar-refractivity contribution in [2.45, 2.75) is 32.7 Å². The van der Waals surface area contributed by atoms with E-state index in [1.54, 1.807) is 24.6 Å². The third-order valence-electron chi connectivity index (χ3n) is 4.96. The lowest BCUT2D eigenvalue weighted by molar-refractivity contribution is -0.905. The number of nitrogens with one attached hydrogen (secondary N) is 1. The summed E-state index contributed by atoms with van der Waals surface area (Å²) in [6, 6.07) is 0. The number of nitrogens with zero attached hydrogens (tertiary/aromatic N) is 4. The molecular weight excluding hydrogens is 310 g/mol. The molecule has 3 aromatic heterocycles. The lowest BCUT2D eigenvalue weighted by Gasteiger charge is -2.23. The minimum absolute atomic E-state index is 0.294. The highest BCUT2D eigenvalue weighted by Gasteiger charge is 2.20. The van der Waals surface area contributed by atoms with Crippen LogP contribution in [0.1, 0.15) is 25.0 Å². The fourth-order valence-electron chi connectivity index (χ4n) is 3.63. The lowest BCUT2D eigenvalue weighted by Crippen LogP contribution is -3.13. The van der Waals surface area contributed by atoms with Crippen LogP contribution in [0.5, 0.6) is 0 Å². The third kappa shape index (κ3) is 2.29. The van der Waals surface area contributed by atoms with E-state index >= 15 is 0 Å². The number of aryl methyl sites for hydroxylation is 2. The van der Waals surface area contributed by atoms with E-state index in [-0.39, 0.29) is 11.2 Å². The van der Waals surface area contributed by atoms with Crippen LogP contribution in [0.2, 0.25) is 0 Å². The van der Waals surface area contributed by atoms with E-state index in [0.29, 0.717) is 29.3 Å². The zero-order valence-corrected chi connectivity index (χ0v) is 14.0. The summed E-state index contributed by atoms with van der Waals surface area (Å²) in [4.78, 5) is 31.2. The molecule has 0 amide bonds. The lowest BCUT2D eigenvalue weighted by atomic mass is 10.1. The number of imidazole rings is 1. The van der Waals surface area contributed by atoms with E-state index < -0.39 is 0 Å². The van der Waals surface area contributed by atoms with Crippen LogP contribution in [0.15, 0.2) is 20.2 Å². The summed E-state index contributed by atoms with van der Waals surface area (Å²) in [6.07, 6.45) is 5.46. The minimum atomic E-state index is -0.318. The highest BCUT2D eigenvalue weighted by atomic mass is 16.4. The Morgan fingerprint density at radius 1 is 1.25 bits per heavy atom. The molecule has 0 spiro atoms. The Balaban J connectivity index is 1.80.